The van der Waals surface area contributed by atoms with Crippen LogP contribution in [0.25, 0.3) is 0 Å². The van der Waals surface area contributed by atoms with E-state index in [1.807, 2.05) is 18.2 Å². The summed E-state index contributed by atoms with van der Waals surface area (Å²) < 4.78 is 11.5. The normalized spacial score (nSPS) is 18.2. The van der Waals surface area contributed by atoms with Gasteiger partial charge < -0.3 is 20.1 Å². The molecule has 4 rings (SSSR count). The number of thiazole rings is 1. The molecule has 0 radical (unpaired) electrons. The van der Waals surface area contributed by atoms with Gasteiger partial charge in [0.15, 0.2) is 5.13 Å². The number of amides is 1. The number of methoxy groups -OCH3 is 1. The van der Waals surface area contributed by atoms with E-state index in [1.54, 1.807) is 30.7 Å². The van der Waals surface area contributed by atoms with Gasteiger partial charge in [-0.3, -0.25) is 4.79 Å². The largest absolute Gasteiger partial charge is 0.495 e. The van der Waals surface area contributed by atoms with Gasteiger partial charge in [-0.2, -0.15) is 0 Å². The number of halogens is 1. The molecule has 2 aromatic carbocycles. The lowest BCUT2D eigenvalue weighted by Crippen LogP contribution is -2.46. The zero-order valence-corrected chi connectivity index (χ0v) is 19.4. The van der Waals surface area contributed by atoms with Gasteiger partial charge in [0.1, 0.15) is 11.4 Å². The maximum atomic E-state index is 12.9. The van der Waals surface area contributed by atoms with Crippen molar-refractivity contribution in [3.63, 3.8) is 0 Å². The van der Waals surface area contributed by atoms with Gasteiger partial charge in [-0.15, -0.1) is 11.3 Å². The van der Waals surface area contributed by atoms with Crippen LogP contribution in [0, 0.1) is 0 Å². The Labute approximate surface area is 196 Å². The summed E-state index contributed by atoms with van der Waals surface area (Å²) in [6, 6.07) is 15.4. The number of nitrogens with zero attached hydrogens (tertiary/aromatic N) is 1. The molecule has 1 heterocycles. The third-order valence-electron chi connectivity index (χ3n) is 5.47. The Morgan fingerprint density at radius 1 is 1.19 bits per heavy atom. The van der Waals surface area contributed by atoms with E-state index in [-0.39, 0.29) is 18.1 Å². The van der Waals surface area contributed by atoms with Gasteiger partial charge in [0.2, 0.25) is 0 Å². The number of nitrogens with one attached hydrogen (secondary N) is 2. The predicted octanol–water partition coefficient (Wildman–Crippen LogP) is 5.81. The topological polar surface area (TPSA) is 72.5 Å². The molecule has 3 aromatic rings. The van der Waals surface area contributed by atoms with Crippen LogP contribution in [0.1, 0.15) is 41.7 Å². The van der Waals surface area contributed by atoms with Crippen LogP contribution in [-0.4, -0.2) is 30.1 Å². The molecular formula is C24H26ClN3O3S. The summed E-state index contributed by atoms with van der Waals surface area (Å²) in [5, 5.41) is 9.25. The number of anilines is 2. The fourth-order valence-corrected chi connectivity index (χ4v) is 4.68. The highest BCUT2D eigenvalue weighted by atomic mass is 35.5. The second kappa shape index (κ2) is 10.8. The summed E-state index contributed by atoms with van der Waals surface area (Å²) >= 11 is 7.45. The summed E-state index contributed by atoms with van der Waals surface area (Å²) in [6.07, 6.45) is 4.03. The number of aromatic nitrogens is 1. The van der Waals surface area contributed by atoms with Crippen LogP contribution in [-0.2, 0) is 11.3 Å². The summed E-state index contributed by atoms with van der Waals surface area (Å²) in [6.45, 7) is 0.546. The monoisotopic (exact) mass is 471 g/mol. The summed E-state index contributed by atoms with van der Waals surface area (Å²) in [7, 11) is 1.59. The van der Waals surface area contributed by atoms with E-state index in [1.165, 1.54) is 11.3 Å². The van der Waals surface area contributed by atoms with Gasteiger partial charge in [0, 0.05) is 10.4 Å². The SMILES string of the molecule is COc1ccc(Cl)cc1Nc1nc(C(=O)N[C@@H]2CCCC[C@H]2OCc2ccccc2)cs1. The number of hydrogen-bond acceptors (Lipinski definition) is 6. The molecule has 0 unspecified atom stereocenters. The number of carbonyl (C=O) groups is 1. The summed E-state index contributed by atoms with van der Waals surface area (Å²) in [4.78, 5) is 17.3. The van der Waals surface area contributed by atoms with Crippen LogP contribution in [0.5, 0.6) is 5.75 Å². The van der Waals surface area contributed by atoms with E-state index in [9.17, 15) is 4.79 Å². The molecule has 168 valence electrons. The van der Waals surface area contributed by atoms with Crippen molar-refractivity contribution in [3.05, 3.63) is 70.2 Å². The molecule has 0 bridgehead atoms. The van der Waals surface area contributed by atoms with E-state index in [2.05, 4.69) is 27.8 Å². The van der Waals surface area contributed by atoms with Crippen molar-refractivity contribution in [1.82, 2.24) is 10.3 Å². The first-order valence-corrected chi connectivity index (χ1v) is 11.9. The zero-order chi connectivity index (χ0) is 22.3. The molecule has 1 saturated carbocycles. The number of carbonyl (C=O) groups excluding carboxylic acids is 1. The zero-order valence-electron chi connectivity index (χ0n) is 17.8. The van der Waals surface area contributed by atoms with Crippen LogP contribution in [0.3, 0.4) is 0 Å². The first-order valence-electron chi connectivity index (χ1n) is 10.6. The van der Waals surface area contributed by atoms with Crippen LogP contribution >= 0.6 is 22.9 Å². The van der Waals surface area contributed by atoms with E-state index in [4.69, 9.17) is 21.1 Å². The molecule has 6 nitrogen and oxygen atoms in total. The molecule has 1 fully saturated rings. The Kier molecular flexibility index (Phi) is 7.63. The lowest BCUT2D eigenvalue weighted by atomic mass is 9.92. The highest BCUT2D eigenvalue weighted by Gasteiger charge is 2.28. The Bertz CT molecular complexity index is 1040. The van der Waals surface area contributed by atoms with Crippen molar-refractivity contribution < 1.29 is 14.3 Å². The van der Waals surface area contributed by atoms with Gasteiger partial charge in [0.05, 0.1) is 31.5 Å². The lowest BCUT2D eigenvalue weighted by molar-refractivity contribution is -0.00465. The Morgan fingerprint density at radius 2 is 2.00 bits per heavy atom. The number of rotatable bonds is 8. The van der Waals surface area contributed by atoms with E-state index in [0.717, 1.165) is 31.2 Å². The first-order chi connectivity index (χ1) is 15.6. The molecule has 2 N–H and O–H groups in total. The molecule has 2 atom stereocenters. The number of hydrogen-bond donors (Lipinski definition) is 2. The van der Waals surface area contributed by atoms with Crippen molar-refractivity contribution >= 4 is 39.7 Å². The molecular weight excluding hydrogens is 446 g/mol. The van der Waals surface area contributed by atoms with Crippen molar-refractivity contribution in [3.8, 4) is 5.75 Å². The van der Waals surface area contributed by atoms with Crippen LogP contribution in [0.15, 0.2) is 53.9 Å². The molecule has 32 heavy (non-hydrogen) atoms. The van der Waals surface area contributed by atoms with Crippen LogP contribution < -0.4 is 15.4 Å². The molecule has 1 aliphatic rings. The van der Waals surface area contributed by atoms with Crippen molar-refractivity contribution in [2.75, 3.05) is 12.4 Å². The second-order valence-electron chi connectivity index (χ2n) is 7.71. The summed E-state index contributed by atoms with van der Waals surface area (Å²) in [5.74, 6) is 0.462. The fraction of sp³-hybridized carbons (Fsp3) is 0.333. The number of benzene rings is 2. The average Bonchev–Trinajstić information content (AvgIpc) is 3.28. The smallest absolute Gasteiger partial charge is 0.271 e. The molecule has 0 saturated heterocycles. The van der Waals surface area contributed by atoms with Gasteiger partial charge >= 0.3 is 0 Å². The van der Waals surface area contributed by atoms with E-state index in [0.29, 0.717) is 33.9 Å². The van der Waals surface area contributed by atoms with Crippen molar-refractivity contribution in [2.24, 2.45) is 0 Å². The van der Waals surface area contributed by atoms with Crippen LogP contribution in [0.2, 0.25) is 5.02 Å². The average molecular weight is 472 g/mol. The van der Waals surface area contributed by atoms with Gasteiger partial charge in [0.25, 0.3) is 5.91 Å². The van der Waals surface area contributed by atoms with Gasteiger partial charge in [-0.25, -0.2) is 4.98 Å². The minimum absolute atomic E-state index is 0.000131. The second-order valence-corrected chi connectivity index (χ2v) is 9.00. The van der Waals surface area contributed by atoms with E-state index < -0.39 is 0 Å². The maximum absolute atomic E-state index is 12.9. The molecule has 1 aromatic heterocycles. The fourth-order valence-electron chi connectivity index (χ4n) is 3.81. The van der Waals surface area contributed by atoms with Gasteiger partial charge in [-0.1, -0.05) is 54.8 Å². The Hall–Kier alpha value is -2.61. The molecule has 1 aliphatic carbocycles. The molecule has 0 aliphatic heterocycles. The highest BCUT2D eigenvalue weighted by molar-refractivity contribution is 7.14. The van der Waals surface area contributed by atoms with Crippen LogP contribution in [0.4, 0.5) is 10.8 Å². The third kappa shape index (κ3) is 5.79. The molecule has 8 heteroatoms. The van der Waals surface area contributed by atoms with E-state index >= 15 is 0 Å². The third-order valence-corrected chi connectivity index (χ3v) is 6.46. The highest BCUT2D eigenvalue weighted by Crippen LogP contribution is 2.31. The van der Waals surface area contributed by atoms with Crippen molar-refractivity contribution in [1.29, 1.82) is 0 Å². The molecule has 0 spiro atoms. The quantitative estimate of drug-likeness (QED) is 0.434. The Morgan fingerprint density at radius 3 is 2.81 bits per heavy atom. The lowest BCUT2D eigenvalue weighted by Gasteiger charge is -2.32. The van der Waals surface area contributed by atoms with Crippen molar-refractivity contribution in [2.45, 2.75) is 44.4 Å². The molecule has 1 amide bonds. The first kappa shape index (κ1) is 22.6. The summed E-state index contributed by atoms with van der Waals surface area (Å²) in [5.41, 5.74) is 2.21. The van der Waals surface area contributed by atoms with Gasteiger partial charge in [-0.05, 0) is 36.6 Å². The Balaban J connectivity index is 1.38. The number of ether oxygens (including phenoxy) is 2. The minimum Gasteiger partial charge on any atom is -0.495 e. The predicted molar refractivity (Wildman–Crippen MR) is 128 cm³/mol. The maximum Gasteiger partial charge on any atom is 0.271 e. The minimum atomic E-state index is -0.187. The standard InChI is InChI=1S/C24H26ClN3O3S/c1-30-21-12-11-17(25)13-19(21)27-24-28-20(15-32-24)23(29)26-18-9-5-6-10-22(18)31-14-16-7-3-2-4-8-16/h2-4,7-8,11-13,15,18,22H,5-6,9-10,14H2,1H3,(H,26,29)(H,27,28)/t18-,22-/m1/s1.